The Morgan fingerprint density at radius 1 is 1.46 bits per heavy atom. The van der Waals surface area contributed by atoms with Gasteiger partial charge in [-0.25, -0.2) is 4.39 Å². The molecule has 0 aliphatic carbocycles. The van der Waals surface area contributed by atoms with E-state index in [0.29, 0.717) is 12.5 Å². The molecule has 1 aliphatic heterocycles. The maximum absolute atomic E-state index is 13.7. The number of nitrogens with one attached hydrogen (secondary N) is 1. The molecule has 2 atom stereocenters. The van der Waals surface area contributed by atoms with Gasteiger partial charge in [0, 0.05) is 43.9 Å². The molecule has 1 aromatic carbocycles. The molecule has 1 fully saturated rings. The van der Waals surface area contributed by atoms with Crippen molar-refractivity contribution in [1.29, 1.82) is 0 Å². The Kier molecular flexibility index (Phi) is 5.48. The van der Waals surface area contributed by atoms with Gasteiger partial charge in [-0.2, -0.15) is 5.10 Å². The molecule has 2 aromatic rings. The second-order valence-corrected chi connectivity index (χ2v) is 6.07. The van der Waals surface area contributed by atoms with Gasteiger partial charge >= 0.3 is 0 Å². The fraction of sp³-hybridized carbons (Fsp3) is 0.500. The van der Waals surface area contributed by atoms with Gasteiger partial charge in [0.1, 0.15) is 0 Å². The third-order valence-electron chi connectivity index (χ3n) is 4.47. The molecule has 5 nitrogen and oxygen atoms in total. The van der Waals surface area contributed by atoms with Crippen LogP contribution in [0.5, 0.6) is 5.75 Å². The second kappa shape index (κ2) is 7.77. The van der Waals surface area contributed by atoms with Gasteiger partial charge in [0.25, 0.3) is 0 Å². The summed E-state index contributed by atoms with van der Waals surface area (Å²) < 4.78 is 26.5. The first-order valence-electron chi connectivity index (χ1n) is 8.38. The highest BCUT2D eigenvalue weighted by molar-refractivity contribution is 5.29. The maximum Gasteiger partial charge on any atom is 0.165 e. The molecule has 0 saturated carbocycles. The predicted molar refractivity (Wildman–Crippen MR) is 89.4 cm³/mol. The predicted octanol–water partition coefficient (Wildman–Crippen LogP) is 2.92. The first-order chi connectivity index (χ1) is 11.7. The minimum Gasteiger partial charge on any atom is -0.494 e. The van der Waals surface area contributed by atoms with E-state index in [4.69, 9.17) is 9.47 Å². The lowest BCUT2D eigenvalue weighted by Crippen LogP contribution is -2.24. The molecule has 2 heterocycles. The maximum atomic E-state index is 13.7. The molecule has 1 aromatic heterocycles. The molecule has 0 radical (unpaired) electrons. The average Bonchev–Trinajstić information content (AvgIpc) is 3.23. The van der Waals surface area contributed by atoms with Gasteiger partial charge in [-0.3, -0.25) is 4.68 Å². The average molecular weight is 333 g/mol. The fourth-order valence-electron chi connectivity index (χ4n) is 3.13. The lowest BCUT2D eigenvalue weighted by Gasteiger charge is -2.18. The molecule has 1 N–H and O–H groups in total. The van der Waals surface area contributed by atoms with E-state index >= 15 is 0 Å². The van der Waals surface area contributed by atoms with Crippen molar-refractivity contribution in [1.82, 2.24) is 15.1 Å². The zero-order valence-electron chi connectivity index (χ0n) is 14.2. The molecular formula is C18H24FN3O2. The van der Waals surface area contributed by atoms with E-state index in [0.717, 1.165) is 37.2 Å². The van der Waals surface area contributed by atoms with Gasteiger partial charge in [-0.05, 0) is 31.0 Å². The molecule has 130 valence electrons. The summed E-state index contributed by atoms with van der Waals surface area (Å²) in [5.41, 5.74) is 2.04. The molecule has 24 heavy (non-hydrogen) atoms. The van der Waals surface area contributed by atoms with Crippen LogP contribution in [-0.2, 0) is 17.8 Å². The first-order valence-corrected chi connectivity index (χ1v) is 8.38. The van der Waals surface area contributed by atoms with Crippen LogP contribution < -0.4 is 10.1 Å². The third-order valence-corrected chi connectivity index (χ3v) is 4.47. The highest BCUT2D eigenvalue weighted by atomic mass is 19.1. The van der Waals surface area contributed by atoms with Gasteiger partial charge in [-0.15, -0.1) is 0 Å². The largest absolute Gasteiger partial charge is 0.494 e. The summed E-state index contributed by atoms with van der Waals surface area (Å²) in [4.78, 5) is 0. The van der Waals surface area contributed by atoms with E-state index < -0.39 is 0 Å². The van der Waals surface area contributed by atoms with Gasteiger partial charge < -0.3 is 14.8 Å². The number of rotatable bonds is 7. The molecule has 6 heteroatoms. The van der Waals surface area contributed by atoms with Crippen LogP contribution in [-0.4, -0.2) is 30.0 Å². The fourth-order valence-corrected chi connectivity index (χ4v) is 3.13. The Morgan fingerprint density at radius 2 is 2.33 bits per heavy atom. The summed E-state index contributed by atoms with van der Waals surface area (Å²) in [7, 11) is 1.47. The van der Waals surface area contributed by atoms with Crippen LogP contribution in [0.1, 0.15) is 30.6 Å². The topological polar surface area (TPSA) is 48.3 Å². The molecule has 0 spiro atoms. The molecule has 3 rings (SSSR count). The number of halogens is 1. The molecule has 1 saturated heterocycles. The number of methoxy groups -OCH3 is 1. The zero-order valence-corrected chi connectivity index (χ0v) is 14.2. The van der Waals surface area contributed by atoms with Crippen molar-refractivity contribution in [3.63, 3.8) is 0 Å². The molecule has 0 bridgehead atoms. The second-order valence-electron chi connectivity index (χ2n) is 6.07. The summed E-state index contributed by atoms with van der Waals surface area (Å²) in [5, 5.41) is 7.74. The number of hydrogen-bond acceptors (Lipinski definition) is 4. The highest BCUT2D eigenvalue weighted by Crippen LogP contribution is 2.33. The van der Waals surface area contributed by atoms with Crippen molar-refractivity contribution < 1.29 is 13.9 Å². The Balaban J connectivity index is 1.54. The van der Waals surface area contributed by atoms with Crippen molar-refractivity contribution in [3.8, 4) is 5.75 Å². The summed E-state index contributed by atoms with van der Waals surface area (Å²) in [5.74, 6) is 0.351. The molecule has 0 amide bonds. The summed E-state index contributed by atoms with van der Waals surface area (Å²) in [6.07, 6.45) is 5.06. The highest BCUT2D eigenvalue weighted by Gasteiger charge is 2.30. The number of hydrogen-bond donors (Lipinski definition) is 1. The van der Waals surface area contributed by atoms with Crippen molar-refractivity contribution in [2.45, 2.75) is 32.5 Å². The Bertz CT molecular complexity index is 674. The quantitative estimate of drug-likeness (QED) is 0.846. The zero-order chi connectivity index (χ0) is 16.9. The summed E-state index contributed by atoms with van der Waals surface area (Å²) in [6, 6.07) is 5.05. The van der Waals surface area contributed by atoms with Crippen LogP contribution in [0, 0.1) is 11.7 Å². The van der Waals surface area contributed by atoms with Crippen LogP contribution in [0.4, 0.5) is 4.39 Å². The van der Waals surface area contributed by atoms with Crippen LogP contribution in [0.15, 0.2) is 30.6 Å². The van der Waals surface area contributed by atoms with E-state index in [9.17, 15) is 4.39 Å². The molecule has 1 aliphatic rings. The van der Waals surface area contributed by atoms with Gasteiger partial charge in [0.2, 0.25) is 0 Å². The van der Waals surface area contributed by atoms with Crippen molar-refractivity contribution in [3.05, 3.63) is 47.5 Å². The molecular weight excluding hydrogens is 309 g/mol. The van der Waals surface area contributed by atoms with E-state index in [1.165, 1.54) is 13.2 Å². The normalized spacial score (nSPS) is 20.5. The first kappa shape index (κ1) is 16.9. The van der Waals surface area contributed by atoms with Gasteiger partial charge in [-0.1, -0.05) is 6.07 Å². The van der Waals surface area contributed by atoms with Crippen molar-refractivity contribution in [2.75, 3.05) is 20.3 Å². The lowest BCUT2D eigenvalue weighted by molar-refractivity contribution is 0.0904. The minimum absolute atomic E-state index is 0.0883. The van der Waals surface area contributed by atoms with Crippen molar-refractivity contribution in [2.24, 2.45) is 5.92 Å². The van der Waals surface area contributed by atoms with Crippen LogP contribution in [0.3, 0.4) is 0 Å². The summed E-state index contributed by atoms with van der Waals surface area (Å²) >= 11 is 0. The SMILES string of the molecule is CCn1cc([C@@H]2OCC[C@H]2CNCc2ccc(OC)c(F)c2)cn1. The van der Waals surface area contributed by atoms with Gasteiger partial charge in [0.05, 0.1) is 19.4 Å². The number of nitrogens with zero attached hydrogens (tertiary/aromatic N) is 2. The standard InChI is InChI=1S/C18H24FN3O2/c1-3-22-12-15(11-21-22)18-14(6-7-24-18)10-20-9-13-4-5-17(23-2)16(19)8-13/h4-5,8,11-12,14,18,20H,3,6-7,9-10H2,1-2H3/t14-,18+/m0/s1. The minimum atomic E-state index is -0.328. The Labute approximate surface area is 141 Å². The van der Waals surface area contributed by atoms with E-state index in [-0.39, 0.29) is 17.7 Å². The number of aryl methyl sites for hydroxylation is 1. The number of aromatic nitrogens is 2. The van der Waals surface area contributed by atoms with Crippen LogP contribution in [0.2, 0.25) is 0 Å². The number of benzene rings is 1. The van der Waals surface area contributed by atoms with Gasteiger partial charge in [0.15, 0.2) is 11.6 Å². The van der Waals surface area contributed by atoms with E-state index in [1.54, 1.807) is 6.07 Å². The summed E-state index contributed by atoms with van der Waals surface area (Å²) in [6.45, 7) is 5.15. The van der Waals surface area contributed by atoms with Crippen LogP contribution in [0.25, 0.3) is 0 Å². The lowest BCUT2D eigenvalue weighted by atomic mass is 9.97. The van der Waals surface area contributed by atoms with Crippen molar-refractivity contribution >= 4 is 0 Å². The number of ether oxygens (including phenoxy) is 2. The molecule has 0 unspecified atom stereocenters. The van der Waals surface area contributed by atoms with Crippen LogP contribution >= 0.6 is 0 Å². The van der Waals surface area contributed by atoms with E-state index in [2.05, 4.69) is 23.5 Å². The van der Waals surface area contributed by atoms with E-state index in [1.807, 2.05) is 16.9 Å². The third kappa shape index (κ3) is 3.76. The Morgan fingerprint density at radius 3 is 3.04 bits per heavy atom. The smallest absolute Gasteiger partial charge is 0.165 e. The monoisotopic (exact) mass is 333 g/mol. The Hall–Kier alpha value is -1.92.